The lowest BCUT2D eigenvalue weighted by atomic mass is 9.84. The molecular formula is C15H25N. The third-order valence-electron chi connectivity index (χ3n) is 5.07. The van der Waals surface area contributed by atoms with Crippen LogP contribution >= 0.6 is 0 Å². The maximum Gasteiger partial charge on any atom is 0.0138 e. The molecular weight excluding hydrogens is 194 g/mol. The topological polar surface area (TPSA) is 12.0 Å². The minimum absolute atomic E-state index is 0.731. The van der Waals surface area contributed by atoms with Crippen molar-refractivity contribution in [3.63, 3.8) is 0 Å². The Morgan fingerprint density at radius 3 is 2.62 bits per heavy atom. The van der Waals surface area contributed by atoms with Crippen LogP contribution in [0.1, 0.15) is 51.9 Å². The zero-order chi connectivity index (χ0) is 11.0. The first-order chi connectivity index (χ1) is 7.81. The summed E-state index contributed by atoms with van der Waals surface area (Å²) in [4.78, 5) is 0. The third kappa shape index (κ3) is 2.20. The highest BCUT2D eigenvalue weighted by atomic mass is 14.9. The first kappa shape index (κ1) is 10.8. The Balaban J connectivity index is 1.44. The molecule has 0 unspecified atom stereocenters. The fourth-order valence-electron chi connectivity index (χ4n) is 4.34. The molecule has 1 heteroatoms. The Hall–Kier alpha value is -0.300. The second kappa shape index (κ2) is 4.52. The van der Waals surface area contributed by atoms with Crippen molar-refractivity contribution in [1.82, 2.24) is 5.32 Å². The number of rotatable bonds is 4. The molecule has 3 aliphatic rings. The van der Waals surface area contributed by atoms with Crippen LogP contribution in [0.3, 0.4) is 0 Å². The van der Waals surface area contributed by atoms with Gasteiger partial charge < -0.3 is 5.32 Å². The van der Waals surface area contributed by atoms with Crippen LogP contribution in [-0.2, 0) is 0 Å². The van der Waals surface area contributed by atoms with Gasteiger partial charge in [-0.05, 0) is 63.2 Å². The number of nitrogens with one attached hydrogen (secondary N) is 1. The SMILES string of the molecule is C[C@H](C[C@@H]1C[C@H]2CC[C@H]1C2)NC1CC=CC1. The highest BCUT2D eigenvalue weighted by Crippen LogP contribution is 2.49. The summed E-state index contributed by atoms with van der Waals surface area (Å²) in [7, 11) is 0. The number of fused-ring (bicyclic) bond motifs is 2. The largest absolute Gasteiger partial charge is 0.311 e. The Kier molecular flexibility index (Phi) is 3.06. The van der Waals surface area contributed by atoms with Gasteiger partial charge >= 0.3 is 0 Å². The monoisotopic (exact) mass is 219 g/mol. The molecule has 0 amide bonds. The lowest BCUT2D eigenvalue weighted by molar-refractivity contribution is 0.275. The van der Waals surface area contributed by atoms with E-state index >= 15 is 0 Å². The second-order valence-electron chi connectivity index (χ2n) is 6.38. The van der Waals surface area contributed by atoms with Crippen LogP contribution in [0.2, 0.25) is 0 Å². The van der Waals surface area contributed by atoms with E-state index in [4.69, 9.17) is 0 Å². The van der Waals surface area contributed by atoms with Gasteiger partial charge in [0.1, 0.15) is 0 Å². The summed E-state index contributed by atoms with van der Waals surface area (Å²) >= 11 is 0. The molecule has 3 aliphatic carbocycles. The van der Waals surface area contributed by atoms with Crippen LogP contribution in [0.25, 0.3) is 0 Å². The summed E-state index contributed by atoms with van der Waals surface area (Å²) in [6, 6.07) is 1.47. The molecule has 0 saturated heterocycles. The molecule has 2 bridgehead atoms. The van der Waals surface area contributed by atoms with E-state index in [0.717, 1.165) is 29.8 Å². The number of hydrogen-bond acceptors (Lipinski definition) is 1. The summed E-state index contributed by atoms with van der Waals surface area (Å²) < 4.78 is 0. The van der Waals surface area contributed by atoms with E-state index in [1.165, 1.54) is 32.1 Å². The quantitative estimate of drug-likeness (QED) is 0.713. The Labute approximate surface area is 99.7 Å². The van der Waals surface area contributed by atoms with Gasteiger partial charge in [0.05, 0.1) is 0 Å². The van der Waals surface area contributed by atoms with Crippen molar-refractivity contribution in [2.45, 2.75) is 64.0 Å². The predicted octanol–water partition coefficient (Wildman–Crippen LogP) is 3.51. The average molecular weight is 219 g/mol. The molecule has 0 aliphatic heterocycles. The molecule has 90 valence electrons. The lowest BCUT2D eigenvalue weighted by Crippen LogP contribution is -2.36. The van der Waals surface area contributed by atoms with Gasteiger partial charge in [0.2, 0.25) is 0 Å². The van der Waals surface area contributed by atoms with Crippen molar-refractivity contribution in [3.8, 4) is 0 Å². The van der Waals surface area contributed by atoms with Crippen LogP contribution in [0.15, 0.2) is 12.2 Å². The number of hydrogen-bond donors (Lipinski definition) is 1. The lowest BCUT2D eigenvalue weighted by Gasteiger charge is -2.27. The maximum absolute atomic E-state index is 3.80. The molecule has 2 fully saturated rings. The zero-order valence-corrected chi connectivity index (χ0v) is 10.5. The van der Waals surface area contributed by atoms with Crippen molar-refractivity contribution < 1.29 is 0 Å². The summed E-state index contributed by atoms with van der Waals surface area (Å²) in [5, 5.41) is 3.80. The van der Waals surface area contributed by atoms with E-state index in [2.05, 4.69) is 24.4 Å². The molecule has 1 nitrogen and oxygen atoms in total. The molecule has 1 N–H and O–H groups in total. The van der Waals surface area contributed by atoms with Crippen LogP contribution in [0, 0.1) is 17.8 Å². The Morgan fingerprint density at radius 1 is 1.19 bits per heavy atom. The molecule has 16 heavy (non-hydrogen) atoms. The molecule has 0 aromatic carbocycles. The van der Waals surface area contributed by atoms with E-state index in [0.29, 0.717) is 0 Å². The zero-order valence-electron chi connectivity index (χ0n) is 10.5. The van der Waals surface area contributed by atoms with E-state index in [1.54, 1.807) is 12.8 Å². The normalized spacial score (nSPS) is 39.7. The molecule has 0 radical (unpaired) electrons. The average Bonchev–Trinajstić information content (AvgIpc) is 2.92. The summed E-state index contributed by atoms with van der Waals surface area (Å²) in [5.74, 6) is 3.25. The molecule has 4 atom stereocenters. The fraction of sp³-hybridized carbons (Fsp3) is 0.867. The van der Waals surface area contributed by atoms with E-state index < -0.39 is 0 Å². The van der Waals surface area contributed by atoms with Gasteiger partial charge in [-0.2, -0.15) is 0 Å². The third-order valence-corrected chi connectivity index (χ3v) is 5.07. The molecule has 2 saturated carbocycles. The molecule has 0 heterocycles. The van der Waals surface area contributed by atoms with Crippen molar-refractivity contribution in [1.29, 1.82) is 0 Å². The van der Waals surface area contributed by atoms with Gasteiger partial charge in [-0.25, -0.2) is 0 Å². The molecule has 0 spiro atoms. The van der Waals surface area contributed by atoms with Crippen molar-refractivity contribution >= 4 is 0 Å². The van der Waals surface area contributed by atoms with Crippen molar-refractivity contribution in [2.75, 3.05) is 0 Å². The Bertz CT molecular complexity index is 263. The summed E-state index contributed by atoms with van der Waals surface area (Å²) in [6.45, 7) is 2.39. The minimum atomic E-state index is 0.731. The highest BCUT2D eigenvalue weighted by Gasteiger charge is 2.39. The van der Waals surface area contributed by atoms with Crippen molar-refractivity contribution in [3.05, 3.63) is 12.2 Å². The first-order valence-electron chi connectivity index (χ1n) is 7.22. The molecule has 0 aromatic rings. The van der Waals surface area contributed by atoms with Gasteiger partial charge in [0.25, 0.3) is 0 Å². The van der Waals surface area contributed by atoms with Gasteiger partial charge in [-0.1, -0.05) is 18.6 Å². The minimum Gasteiger partial charge on any atom is -0.311 e. The summed E-state index contributed by atoms with van der Waals surface area (Å²) in [6.07, 6.45) is 14.7. The van der Waals surface area contributed by atoms with Gasteiger partial charge in [-0.3, -0.25) is 0 Å². The van der Waals surface area contributed by atoms with E-state index in [-0.39, 0.29) is 0 Å². The highest BCUT2D eigenvalue weighted by molar-refractivity contribution is 4.99. The smallest absolute Gasteiger partial charge is 0.0138 e. The fourth-order valence-corrected chi connectivity index (χ4v) is 4.34. The van der Waals surface area contributed by atoms with Crippen LogP contribution in [0.4, 0.5) is 0 Å². The molecule has 0 aromatic heterocycles. The second-order valence-corrected chi connectivity index (χ2v) is 6.38. The Morgan fingerprint density at radius 2 is 2.00 bits per heavy atom. The van der Waals surface area contributed by atoms with Gasteiger partial charge in [0.15, 0.2) is 0 Å². The predicted molar refractivity (Wildman–Crippen MR) is 68.3 cm³/mol. The standard InChI is InChI=1S/C15H25N/c1-11(16-15-4-2-3-5-15)8-14-10-12-6-7-13(14)9-12/h2-3,11-16H,4-10H2,1H3/t11-,12+,13+,14-/m1/s1. The maximum atomic E-state index is 3.80. The van der Waals surface area contributed by atoms with E-state index in [1.807, 2.05) is 0 Å². The molecule has 3 rings (SSSR count). The van der Waals surface area contributed by atoms with Gasteiger partial charge in [0, 0.05) is 12.1 Å². The van der Waals surface area contributed by atoms with Crippen LogP contribution in [-0.4, -0.2) is 12.1 Å². The first-order valence-corrected chi connectivity index (χ1v) is 7.22. The van der Waals surface area contributed by atoms with Gasteiger partial charge in [-0.15, -0.1) is 0 Å². The van der Waals surface area contributed by atoms with E-state index in [9.17, 15) is 0 Å². The summed E-state index contributed by atoms with van der Waals surface area (Å²) in [5.41, 5.74) is 0. The van der Waals surface area contributed by atoms with Crippen LogP contribution in [0.5, 0.6) is 0 Å². The van der Waals surface area contributed by atoms with Crippen LogP contribution < -0.4 is 5.32 Å². The van der Waals surface area contributed by atoms with Crippen molar-refractivity contribution in [2.24, 2.45) is 17.8 Å².